The van der Waals surface area contributed by atoms with Crippen molar-refractivity contribution >= 4 is 11.5 Å². The molecule has 23 heavy (non-hydrogen) atoms. The monoisotopic (exact) mass is 314 g/mol. The number of hydrogen-bond acceptors (Lipinski definition) is 6. The summed E-state index contributed by atoms with van der Waals surface area (Å²) in [6.45, 7) is 4.21. The normalized spacial score (nSPS) is 17.9. The van der Waals surface area contributed by atoms with Gasteiger partial charge in [-0.3, -0.25) is 0 Å². The van der Waals surface area contributed by atoms with E-state index in [1.807, 2.05) is 32.2 Å². The summed E-state index contributed by atoms with van der Waals surface area (Å²) in [6.07, 6.45) is -0.0559. The molecule has 1 saturated heterocycles. The minimum atomic E-state index is -0.0559. The minimum Gasteiger partial charge on any atom is -0.497 e. The topological polar surface area (TPSA) is 59.5 Å². The number of nitrogens with zero attached hydrogens (tertiary/aromatic N) is 3. The second kappa shape index (κ2) is 6.83. The molecular weight excluding hydrogens is 292 g/mol. The molecule has 1 aliphatic heterocycles. The molecular formula is C17H22N4O2. The van der Waals surface area contributed by atoms with Gasteiger partial charge in [0.1, 0.15) is 23.5 Å². The van der Waals surface area contributed by atoms with Crippen LogP contribution in [0.25, 0.3) is 0 Å². The van der Waals surface area contributed by atoms with Gasteiger partial charge in [0.2, 0.25) is 0 Å². The summed E-state index contributed by atoms with van der Waals surface area (Å²) in [7, 11) is 3.54. The van der Waals surface area contributed by atoms with E-state index in [9.17, 15) is 0 Å². The Morgan fingerprint density at radius 3 is 2.74 bits per heavy atom. The molecule has 1 fully saturated rings. The molecule has 0 spiro atoms. The van der Waals surface area contributed by atoms with Crippen LogP contribution in [-0.2, 0) is 4.74 Å². The van der Waals surface area contributed by atoms with Crippen LogP contribution in [0.1, 0.15) is 17.6 Å². The SMILES string of the molecule is CNc1cc([C@@H]2CN(c3ccc(OC)cc3)CCO2)nc(C)n1. The molecule has 122 valence electrons. The molecule has 6 heteroatoms. The van der Waals surface area contributed by atoms with Crippen molar-refractivity contribution in [2.24, 2.45) is 0 Å². The van der Waals surface area contributed by atoms with Crippen LogP contribution in [0.2, 0.25) is 0 Å². The van der Waals surface area contributed by atoms with Gasteiger partial charge in [0, 0.05) is 31.9 Å². The largest absolute Gasteiger partial charge is 0.497 e. The highest BCUT2D eigenvalue weighted by molar-refractivity contribution is 5.50. The maximum atomic E-state index is 5.93. The molecule has 0 unspecified atom stereocenters. The summed E-state index contributed by atoms with van der Waals surface area (Å²) in [5, 5.41) is 3.07. The molecule has 2 aromatic rings. The Kier molecular flexibility index (Phi) is 4.62. The lowest BCUT2D eigenvalue weighted by Crippen LogP contribution is -2.38. The van der Waals surface area contributed by atoms with E-state index in [0.29, 0.717) is 6.61 Å². The van der Waals surface area contributed by atoms with Gasteiger partial charge < -0.3 is 19.7 Å². The highest BCUT2D eigenvalue weighted by atomic mass is 16.5. The van der Waals surface area contributed by atoms with E-state index < -0.39 is 0 Å². The summed E-state index contributed by atoms with van der Waals surface area (Å²) in [4.78, 5) is 11.2. The van der Waals surface area contributed by atoms with Crippen molar-refractivity contribution in [3.8, 4) is 5.75 Å². The fourth-order valence-corrected chi connectivity index (χ4v) is 2.74. The molecule has 0 bridgehead atoms. The Bertz CT molecular complexity index is 660. The van der Waals surface area contributed by atoms with Gasteiger partial charge in [0.15, 0.2) is 0 Å². The number of aromatic nitrogens is 2. The highest BCUT2D eigenvalue weighted by Gasteiger charge is 2.24. The number of ether oxygens (including phenoxy) is 2. The molecule has 1 N–H and O–H groups in total. The van der Waals surface area contributed by atoms with Crippen molar-refractivity contribution in [2.45, 2.75) is 13.0 Å². The van der Waals surface area contributed by atoms with E-state index in [1.54, 1.807) is 7.11 Å². The second-order valence-corrected chi connectivity index (χ2v) is 5.48. The first-order valence-corrected chi connectivity index (χ1v) is 7.73. The number of methoxy groups -OCH3 is 1. The van der Waals surface area contributed by atoms with E-state index >= 15 is 0 Å². The van der Waals surface area contributed by atoms with Crippen molar-refractivity contribution < 1.29 is 9.47 Å². The first-order chi connectivity index (χ1) is 11.2. The fourth-order valence-electron chi connectivity index (χ4n) is 2.74. The van der Waals surface area contributed by atoms with Crippen LogP contribution >= 0.6 is 0 Å². The minimum absolute atomic E-state index is 0.0559. The van der Waals surface area contributed by atoms with Crippen LogP contribution in [0.3, 0.4) is 0 Å². The third-order valence-electron chi connectivity index (χ3n) is 3.95. The summed E-state index contributed by atoms with van der Waals surface area (Å²) in [5.41, 5.74) is 2.08. The number of morpholine rings is 1. The average Bonchev–Trinajstić information content (AvgIpc) is 2.61. The van der Waals surface area contributed by atoms with Gasteiger partial charge in [-0.1, -0.05) is 0 Å². The molecule has 1 atom stereocenters. The third kappa shape index (κ3) is 3.53. The summed E-state index contributed by atoms with van der Waals surface area (Å²) in [6, 6.07) is 10.1. The standard InChI is InChI=1S/C17H22N4O2/c1-12-19-15(10-17(18-2)20-12)16-11-21(8-9-23-16)13-4-6-14(22-3)7-5-13/h4-7,10,16H,8-9,11H2,1-3H3,(H,18,19,20)/t16-/m0/s1. The van der Waals surface area contributed by atoms with Crippen molar-refractivity contribution in [1.29, 1.82) is 0 Å². The van der Waals surface area contributed by atoms with Gasteiger partial charge in [-0.05, 0) is 31.2 Å². The molecule has 1 aliphatic rings. The van der Waals surface area contributed by atoms with E-state index in [0.717, 1.165) is 36.2 Å². The lowest BCUT2D eigenvalue weighted by molar-refractivity contribution is 0.0369. The van der Waals surface area contributed by atoms with Crippen molar-refractivity contribution in [3.63, 3.8) is 0 Å². The smallest absolute Gasteiger partial charge is 0.129 e. The molecule has 6 nitrogen and oxygen atoms in total. The Morgan fingerprint density at radius 2 is 2.04 bits per heavy atom. The molecule has 3 rings (SSSR count). The van der Waals surface area contributed by atoms with Gasteiger partial charge in [0.25, 0.3) is 0 Å². The number of rotatable bonds is 4. The first kappa shape index (κ1) is 15.6. The Morgan fingerprint density at radius 1 is 1.26 bits per heavy atom. The van der Waals surface area contributed by atoms with E-state index in [-0.39, 0.29) is 6.10 Å². The molecule has 0 amide bonds. The number of aryl methyl sites for hydroxylation is 1. The zero-order valence-corrected chi connectivity index (χ0v) is 13.7. The van der Waals surface area contributed by atoms with E-state index in [4.69, 9.17) is 9.47 Å². The Hall–Kier alpha value is -2.34. The zero-order valence-electron chi connectivity index (χ0n) is 13.7. The van der Waals surface area contributed by atoms with Crippen LogP contribution in [0.5, 0.6) is 5.75 Å². The maximum absolute atomic E-state index is 5.93. The molecule has 2 heterocycles. The predicted molar refractivity (Wildman–Crippen MR) is 90.2 cm³/mol. The number of anilines is 2. The van der Waals surface area contributed by atoms with E-state index in [1.165, 1.54) is 5.69 Å². The summed E-state index contributed by atoms with van der Waals surface area (Å²) >= 11 is 0. The first-order valence-electron chi connectivity index (χ1n) is 7.73. The summed E-state index contributed by atoms with van der Waals surface area (Å²) < 4.78 is 11.1. The van der Waals surface area contributed by atoms with Crippen LogP contribution in [-0.4, -0.2) is 43.8 Å². The van der Waals surface area contributed by atoms with Gasteiger partial charge in [-0.25, -0.2) is 9.97 Å². The molecule has 0 radical (unpaired) electrons. The van der Waals surface area contributed by atoms with Crippen LogP contribution in [0, 0.1) is 6.92 Å². The van der Waals surface area contributed by atoms with Gasteiger partial charge >= 0.3 is 0 Å². The third-order valence-corrected chi connectivity index (χ3v) is 3.95. The predicted octanol–water partition coefficient (Wildman–Crippen LogP) is 2.41. The number of nitrogens with one attached hydrogen (secondary N) is 1. The quantitative estimate of drug-likeness (QED) is 0.935. The average molecular weight is 314 g/mol. The van der Waals surface area contributed by atoms with Crippen molar-refractivity contribution in [1.82, 2.24) is 9.97 Å². The number of hydrogen-bond donors (Lipinski definition) is 1. The summed E-state index contributed by atoms with van der Waals surface area (Å²) in [5.74, 6) is 2.43. The van der Waals surface area contributed by atoms with Crippen LogP contribution < -0.4 is 15.0 Å². The van der Waals surface area contributed by atoms with Crippen LogP contribution in [0.4, 0.5) is 11.5 Å². The highest BCUT2D eigenvalue weighted by Crippen LogP contribution is 2.27. The van der Waals surface area contributed by atoms with Crippen molar-refractivity contribution in [3.05, 3.63) is 41.9 Å². The fraction of sp³-hybridized carbons (Fsp3) is 0.412. The maximum Gasteiger partial charge on any atom is 0.129 e. The lowest BCUT2D eigenvalue weighted by atomic mass is 10.1. The molecule has 0 saturated carbocycles. The number of benzene rings is 1. The molecule has 0 aliphatic carbocycles. The lowest BCUT2D eigenvalue weighted by Gasteiger charge is -2.34. The molecule has 1 aromatic heterocycles. The second-order valence-electron chi connectivity index (χ2n) is 5.48. The van der Waals surface area contributed by atoms with Crippen LogP contribution in [0.15, 0.2) is 30.3 Å². The van der Waals surface area contributed by atoms with Gasteiger partial charge in [-0.2, -0.15) is 0 Å². The Labute approximate surface area is 136 Å². The van der Waals surface area contributed by atoms with Gasteiger partial charge in [-0.15, -0.1) is 0 Å². The van der Waals surface area contributed by atoms with Gasteiger partial charge in [0.05, 0.1) is 19.4 Å². The van der Waals surface area contributed by atoms with Crippen molar-refractivity contribution in [2.75, 3.05) is 44.1 Å². The Balaban J connectivity index is 1.78. The zero-order chi connectivity index (χ0) is 16.2. The van der Waals surface area contributed by atoms with E-state index in [2.05, 4.69) is 32.3 Å². The molecule has 1 aromatic carbocycles.